The average Bonchev–Trinajstić information content (AvgIpc) is 3.22. The Bertz CT molecular complexity index is 901. The number of fused-ring (bicyclic) bond motifs is 1. The fraction of sp³-hybridized carbons (Fsp3) is 0.111. The SMILES string of the molecule is CC(c1nc2ccccc2n1-c1ccccc1)n1ccnc1.Cl.Cl. The number of para-hydroxylation sites is 3. The van der Waals surface area contributed by atoms with Crippen molar-refractivity contribution in [2.45, 2.75) is 13.0 Å². The number of benzene rings is 2. The van der Waals surface area contributed by atoms with Gasteiger partial charge in [-0.1, -0.05) is 30.3 Å². The highest BCUT2D eigenvalue weighted by atomic mass is 35.5. The van der Waals surface area contributed by atoms with Crippen molar-refractivity contribution in [1.29, 1.82) is 0 Å². The van der Waals surface area contributed by atoms with Crippen LogP contribution in [0.25, 0.3) is 16.7 Å². The highest BCUT2D eigenvalue weighted by Crippen LogP contribution is 2.26. The predicted molar refractivity (Wildman–Crippen MR) is 102 cm³/mol. The van der Waals surface area contributed by atoms with Crippen molar-refractivity contribution in [3.63, 3.8) is 0 Å². The molecule has 0 N–H and O–H groups in total. The summed E-state index contributed by atoms with van der Waals surface area (Å²) in [5, 5.41) is 0. The van der Waals surface area contributed by atoms with Crippen molar-refractivity contribution in [2.24, 2.45) is 0 Å². The summed E-state index contributed by atoms with van der Waals surface area (Å²) in [4.78, 5) is 9.01. The Kier molecular flexibility index (Phi) is 5.65. The Labute approximate surface area is 153 Å². The standard InChI is InChI=1S/C18H16N4.2ClH/c1-14(21-12-11-19-13-21)18-20-16-9-5-6-10-17(16)22(18)15-7-3-2-4-8-15;;/h2-14H,1H3;2*1H. The van der Waals surface area contributed by atoms with Gasteiger partial charge in [-0.05, 0) is 31.2 Å². The number of hydrogen-bond acceptors (Lipinski definition) is 2. The largest absolute Gasteiger partial charge is 0.327 e. The Morgan fingerprint density at radius 3 is 2.33 bits per heavy atom. The van der Waals surface area contributed by atoms with E-state index in [0.717, 1.165) is 22.5 Å². The molecule has 0 aliphatic rings. The van der Waals surface area contributed by atoms with Crippen LogP contribution in [-0.4, -0.2) is 19.1 Å². The average molecular weight is 361 g/mol. The first-order valence-electron chi connectivity index (χ1n) is 7.35. The van der Waals surface area contributed by atoms with Crippen LogP contribution in [0.15, 0.2) is 73.3 Å². The molecule has 1 unspecified atom stereocenters. The van der Waals surface area contributed by atoms with Crippen molar-refractivity contribution < 1.29 is 0 Å². The highest BCUT2D eigenvalue weighted by Gasteiger charge is 2.18. The molecule has 0 radical (unpaired) electrons. The molecule has 0 spiro atoms. The zero-order valence-electron chi connectivity index (χ0n) is 13.1. The molecule has 24 heavy (non-hydrogen) atoms. The summed E-state index contributed by atoms with van der Waals surface area (Å²) in [5.41, 5.74) is 3.25. The molecule has 0 bridgehead atoms. The minimum absolute atomic E-state index is 0. The van der Waals surface area contributed by atoms with Gasteiger partial charge in [0, 0.05) is 18.1 Å². The molecule has 6 heteroatoms. The molecule has 0 fully saturated rings. The van der Waals surface area contributed by atoms with E-state index < -0.39 is 0 Å². The van der Waals surface area contributed by atoms with E-state index in [0.29, 0.717) is 0 Å². The van der Waals surface area contributed by atoms with E-state index in [2.05, 4.69) is 63.5 Å². The molecule has 0 amide bonds. The molecule has 2 heterocycles. The fourth-order valence-corrected chi connectivity index (χ4v) is 2.81. The number of imidazole rings is 2. The van der Waals surface area contributed by atoms with Crippen LogP contribution in [0.4, 0.5) is 0 Å². The maximum atomic E-state index is 4.86. The lowest BCUT2D eigenvalue weighted by Crippen LogP contribution is -2.11. The zero-order chi connectivity index (χ0) is 14.9. The summed E-state index contributed by atoms with van der Waals surface area (Å²) < 4.78 is 4.29. The van der Waals surface area contributed by atoms with Gasteiger partial charge in [-0.25, -0.2) is 9.97 Å². The number of rotatable bonds is 3. The summed E-state index contributed by atoms with van der Waals surface area (Å²) in [6, 6.07) is 18.7. The Morgan fingerprint density at radius 1 is 0.917 bits per heavy atom. The molecule has 1 atom stereocenters. The summed E-state index contributed by atoms with van der Waals surface area (Å²) in [6.07, 6.45) is 5.60. The number of nitrogens with zero attached hydrogens (tertiary/aromatic N) is 4. The van der Waals surface area contributed by atoms with Crippen LogP contribution in [0.5, 0.6) is 0 Å². The Hall–Kier alpha value is -2.30. The van der Waals surface area contributed by atoms with Gasteiger partial charge < -0.3 is 4.57 Å². The monoisotopic (exact) mass is 360 g/mol. The second kappa shape index (κ2) is 7.51. The van der Waals surface area contributed by atoms with E-state index in [1.807, 2.05) is 24.7 Å². The number of halogens is 2. The molecule has 0 saturated heterocycles. The third-order valence-corrected chi connectivity index (χ3v) is 3.95. The minimum Gasteiger partial charge on any atom is -0.327 e. The second-order valence-electron chi connectivity index (χ2n) is 5.32. The van der Waals surface area contributed by atoms with Crippen molar-refractivity contribution in [3.05, 3.63) is 79.1 Å². The number of hydrogen-bond donors (Lipinski definition) is 0. The normalized spacial score (nSPS) is 11.5. The highest BCUT2D eigenvalue weighted by molar-refractivity contribution is 5.85. The first-order valence-corrected chi connectivity index (χ1v) is 7.35. The van der Waals surface area contributed by atoms with Gasteiger partial charge in [0.2, 0.25) is 0 Å². The van der Waals surface area contributed by atoms with Gasteiger partial charge in [-0.3, -0.25) is 4.57 Å². The molecule has 4 nitrogen and oxygen atoms in total. The van der Waals surface area contributed by atoms with Gasteiger partial charge >= 0.3 is 0 Å². The summed E-state index contributed by atoms with van der Waals surface area (Å²) in [5.74, 6) is 1.01. The fourth-order valence-electron chi connectivity index (χ4n) is 2.81. The molecule has 0 saturated carbocycles. The molecule has 2 aromatic heterocycles. The van der Waals surface area contributed by atoms with Crippen molar-refractivity contribution in [1.82, 2.24) is 19.1 Å². The smallest absolute Gasteiger partial charge is 0.137 e. The predicted octanol–water partition coefficient (Wildman–Crippen LogP) is 4.67. The molecular formula is C18H18Cl2N4. The van der Waals surface area contributed by atoms with Crippen LogP contribution in [0, 0.1) is 0 Å². The van der Waals surface area contributed by atoms with Crippen molar-refractivity contribution in [3.8, 4) is 5.69 Å². The van der Waals surface area contributed by atoms with Crippen LogP contribution in [0.1, 0.15) is 18.8 Å². The lowest BCUT2D eigenvalue weighted by molar-refractivity contribution is 0.593. The molecule has 0 aliphatic heterocycles. The third-order valence-electron chi connectivity index (χ3n) is 3.95. The third kappa shape index (κ3) is 3.03. The first-order chi connectivity index (χ1) is 10.8. The summed E-state index contributed by atoms with van der Waals surface area (Å²) >= 11 is 0. The lowest BCUT2D eigenvalue weighted by atomic mass is 10.2. The minimum atomic E-state index is 0. The van der Waals surface area contributed by atoms with Crippen molar-refractivity contribution >= 4 is 35.8 Å². The summed E-state index contributed by atoms with van der Waals surface area (Å²) in [7, 11) is 0. The van der Waals surface area contributed by atoms with Gasteiger partial charge in [0.05, 0.1) is 23.4 Å². The van der Waals surface area contributed by atoms with E-state index in [1.165, 1.54) is 0 Å². The van der Waals surface area contributed by atoms with Crippen LogP contribution >= 0.6 is 24.8 Å². The van der Waals surface area contributed by atoms with Gasteiger partial charge in [0.1, 0.15) is 5.82 Å². The van der Waals surface area contributed by atoms with E-state index >= 15 is 0 Å². The quantitative estimate of drug-likeness (QED) is 0.531. The first kappa shape index (κ1) is 18.0. The topological polar surface area (TPSA) is 35.6 Å². The van der Waals surface area contributed by atoms with E-state index in [1.54, 1.807) is 6.20 Å². The Morgan fingerprint density at radius 2 is 1.62 bits per heavy atom. The van der Waals surface area contributed by atoms with Crippen LogP contribution in [-0.2, 0) is 0 Å². The lowest BCUT2D eigenvalue weighted by Gasteiger charge is -2.16. The van der Waals surface area contributed by atoms with E-state index in [-0.39, 0.29) is 30.9 Å². The molecule has 4 aromatic rings. The molecule has 124 valence electrons. The van der Waals surface area contributed by atoms with Gasteiger partial charge in [0.15, 0.2) is 0 Å². The van der Waals surface area contributed by atoms with Crippen LogP contribution < -0.4 is 0 Å². The summed E-state index contributed by atoms with van der Waals surface area (Å²) in [6.45, 7) is 2.14. The van der Waals surface area contributed by atoms with Gasteiger partial charge in [-0.2, -0.15) is 0 Å². The van der Waals surface area contributed by atoms with Gasteiger partial charge in [0.25, 0.3) is 0 Å². The van der Waals surface area contributed by atoms with Gasteiger partial charge in [-0.15, -0.1) is 24.8 Å². The van der Waals surface area contributed by atoms with Crippen LogP contribution in [0.3, 0.4) is 0 Å². The number of aromatic nitrogens is 4. The molecule has 4 rings (SSSR count). The molecule has 2 aromatic carbocycles. The zero-order valence-corrected chi connectivity index (χ0v) is 14.7. The van der Waals surface area contributed by atoms with E-state index in [4.69, 9.17) is 4.98 Å². The second-order valence-corrected chi connectivity index (χ2v) is 5.32. The molecular weight excluding hydrogens is 343 g/mol. The molecule has 0 aliphatic carbocycles. The van der Waals surface area contributed by atoms with E-state index in [9.17, 15) is 0 Å². The Balaban J connectivity index is 0.00000104. The maximum absolute atomic E-state index is 4.86. The van der Waals surface area contributed by atoms with Crippen LogP contribution in [0.2, 0.25) is 0 Å². The van der Waals surface area contributed by atoms with Crippen molar-refractivity contribution in [2.75, 3.05) is 0 Å². The maximum Gasteiger partial charge on any atom is 0.137 e.